The predicted molar refractivity (Wildman–Crippen MR) is 157 cm³/mol. The smallest absolute Gasteiger partial charge is 0.225 e. The van der Waals surface area contributed by atoms with E-state index in [1.807, 2.05) is 42.3 Å². The quantitative estimate of drug-likeness (QED) is 0.220. The molecule has 1 aliphatic heterocycles. The van der Waals surface area contributed by atoms with E-state index in [0.717, 1.165) is 52.6 Å². The average molecular weight is 575 g/mol. The Kier molecular flexibility index (Phi) is 11.3. The van der Waals surface area contributed by atoms with E-state index < -0.39 is 0 Å². The molecule has 1 heterocycles. The van der Waals surface area contributed by atoms with Crippen LogP contribution in [0.2, 0.25) is 0 Å². The van der Waals surface area contributed by atoms with Gasteiger partial charge in [0, 0.05) is 23.9 Å². The summed E-state index contributed by atoms with van der Waals surface area (Å²) in [5.74, 6) is 1.41. The van der Waals surface area contributed by atoms with Crippen molar-refractivity contribution in [1.82, 2.24) is 4.90 Å². The van der Waals surface area contributed by atoms with Crippen LogP contribution in [0.15, 0.2) is 65.6 Å². The van der Waals surface area contributed by atoms with Gasteiger partial charge in [0.1, 0.15) is 23.5 Å². The monoisotopic (exact) mass is 574 g/mol. The molecule has 1 unspecified atom stereocenters. The molecule has 1 aliphatic rings. The Labute approximate surface area is 240 Å². The lowest BCUT2D eigenvalue weighted by molar-refractivity contribution is -0.116. The third-order valence-electron chi connectivity index (χ3n) is 6.43. The number of rotatable bonds is 12. The number of amides is 1. The van der Waals surface area contributed by atoms with Crippen LogP contribution in [0.5, 0.6) is 17.2 Å². The standard InChI is InChI=1S/C30H35FN2O4S.ClH/c1-21-11-13-26-29(19-21)38-30(33(26)22(2)34)24-20-23(35-4)12-14-27(24)36-17-8-7-15-32(3)16-18-37-28-10-6-5-9-25(28)31;/h5-6,9-14,19-20,30H,7-8,15-18H2,1-4H3;1H. The van der Waals surface area contributed by atoms with Crippen molar-refractivity contribution in [3.8, 4) is 17.2 Å². The number of halogens is 2. The topological polar surface area (TPSA) is 51.2 Å². The molecule has 0 radical (unpaired) electrons. The number of ether oxygens (including phenoxy) is 3. The number of methoxy groups -OCH3 is 1. The average Bonchev–Trinajstić information content (AvgIpc) is 3.28. The molecule has 1 amide bonds. The fourth-order valence-corrected chi connectivity index (χ4v) is 5.84. The van der Waals surface area contributed by atoms with Gasteiger partial charge in [0.2, 0.25) is 5.91 Å². The number of para-hydroxylation sites is 1. The zero-order chi connectivity index (χ0) is 27.1. The number of hydrogen-bond acceptors (Lipinski definition) is 6. The summed E-state index contributed by atoms with van der Waals surface area (Å²) in [4.78, 5) is 17.8. The number of nitrogens with zero attached hydrogens (tertiary/aromatic N) is 2. The second-order valence-corrected chi connectivity index (χ2v) is 10.5. The number of fused-ring (bicyclic) bond motifs is 1. The molecule has 0 aliphatic carbocycles. The molecular weight excluding hydrogens is 539 g/mol. The molecule has 0 bridgehead atoms. The number of carbonyl (C=O) groups excluding carboxylic acids is 1. The lowest BCUT2D eigenvalue weighted by Gasteiger charge is -2.25. The van der Waals surface area contributed by atoms with Gasteiger partial charge >= 0.3 is 0 Å². The van der Waals surface area contributed by atoms with E-state index in [2.05, 4.69) is 17.9 Å². The van der Waals surface area contributed by atoms with Crippen molar-refractivity contribution in [3.63, 3.8) is 0 Å². The summed E-state index contributed by atoms with van der Waals surface area (Å²) >= 11 is 1.66. The number of anilines is 1. The molecule has 0 N–H and O–H groups in total. The van der Waals surface area contributed by atoms with Crippen LogP contribution in [0.1, 0.15) is 36.3 Å². The minimum Gasteiger partial charge on any atom is -0.497 e. The lowest BCUT2D eigenvalue weighted by Crippen LogP contribution is -2.28. The highest BCUT2D eigenvalue weighted by Gasteiger charge is 2.36. The Hall–Kier alpha value is -2.94. The number of thioether (sulfide) groups is 1. The second-order valence-electron chi connectivity index (χ2n) is 9.37. The van der Waals surface area contributed by atoms with Crippen molar-refractivity contribution in [2.75, 3.05) is 45.4 Å². The molecule has 0 spiro atoms. The molecule has 1 atom stereocenters. The highest BCUT2D eigenvalue weighted by Crippen LogP contribution is 2.53. The number of benzene rings is 3. The highest BCUT2D eigenvalue weighted by molar-refractivity contribution is 8.00. The molecule has 0 aromatic heterocycles. The number of hydrogen-bond donors (Lipinski definition) is 0. The number of carbonyl (C=O) groups is 1. The molecule has 4 rings (SSSR count). The Morgan fingerprint density at radius 2 is 1.77 bits per heavy atom. The van der Waals surface area contributed by atoms with Crippen molar-refractivity contribution in [1.29, 1.82) is 0 Å². The summed E-state index contributed by atoms with van der Waals surface area (Å²) in [5.41, 5.74) is 3.00. The number of unbranched alkanes of at least 4 members (excludes halogenated alkanes) is 1. The summed E-state index contributed by atoms with van der Waals surface area (Å²) in [6.07, 6.45) is 1.82. The molecule has 9 heteroatoms. The van der Waals surface area contributed by atoms with Gasteiger partial charge in [-0.15, -0.1) is 12.4 Å². The first-order valence-corrected chi connectivity index (χ1v) is 13.7. The van der Waals surface area contributed by atoms with Gasteiger partial charge in [-0.05, 0) is 81.4 Å². The first-order chi connectivity index (χ1) is 18.4. The van der Waals surface area contributed by atoms with Crippen molar-refractivity contribution in [3.05, 3.63) is 77.6 Å². The van der Waals surface area contributed by atoms with E-state index in [1.54, 1.807) is 44.0 Å². The van der Waals surface area contributed by atoms with Crippen LogP contribution in [0.3, 0.4) is 0 Å². The Morgan fingerprint density at radius 1 is 1.00 bits per heavy atom. The van der Waals surface area contributed by atoms with Gasteiger partial charge in [0.25, 0.3) is 0 Å². The fraction of sp³-hybridized carbons (Fsp3) is 0.367. The zero-order valence-corrected chi connectivity index (χ0v) is 24.4. The number of likely N-dealkylation sites (N-methyl/N-ethyl adjacent to an activating group) is 1. The highest BCUT2D eigenvalue weighted by atomic mass is 35.5. The summed E-state index contributed by atoms with van der Waals surface area (Å²) in [6, 6.07) is 18.4. The fourth-order valence-electron chi connectivity index (χ4n) is 4.38. The van der Waals surface area contributed by atoms with E-state index in [0.29, 0.717) is 19.8 Å². The molecule has 3 aromatic carbocycles. The van der Waals surface area contributed by atoms with Crippen LogP contribution in [0, 0.1) is 12.7 Å². The van der Waals surface area contributed by atoms with Crippen LogP contribution < -0.4 is 19.1 Å². The molecule has 0 saturated carbocycles. The van der Waals surface area contributed by atoms with Gasteiger partial charge in [-0.25, -0.2) is 4.39 Å². The summed E-state index contributed by atoms with van der Waals surface area (Å²) in [7, 11) is 3.67. The minimum absolute atomic E-state index is 0. The first-order valence-electron chi connectivity index (χ1n) is 12.8. The van der Waals surface area contributed by atoms with Crippen LogP contribution in [0.4, 0.5) is 10.1 Å². The SMILES string of the molecule is COc1ccc(OCCCCN(C)CCOc2ccccc2F)c(C2Sc3cc(C)ccc3N2C(C)=O)c1.Cl. The molecular formula is C30H36ClFN2O4S. The summed E-state index contributed by atoms with van der Waals surface area (Å²) < 4.78 is 31.0. The van der Waals surface area contributed by atoms with Crippen LogP contribution in [-0.4, -0.2) is 51.3 Å². The van der Waals surface area contributed by atoms with Gasteiger partial charge in [-0.2, -0.15) is 0 Å². The van der Waals surface area contributed by atoms with E-state index in [1.165, 1.54) is 6.07 Å². The van der Waals surface area contributed by atoms with E-state index in [9.17, 15) is 9.18 Å². The van der Waals surface area contributed by atoms with Gasteiger partial charge in [-0.3, -0.25) is 9.69 Å². The molecule has 0 fully saturated rings. The Balaban J connectivity index is 0.00000420. The van der Waals surface area contributed by atoms with Gasteiger partial charge in [-0.1, -0.05) is 30.0 Å². The van der Waals surface area contributed by atoms with E-state index >= 15 is 0 Å². The maximum absolute atomic E-state index is 13.7. The number of aryl methyl sites for hydroxylation is 1. The van der Waals surface area contributed by atoms with Crippen LogP contribution in [0.25, 0.3) is 0 Å². The third kappa shape index (κ3) is 7.81. The van der Waals surface area contributed by atoms with Gasteiger partial charge in [0.05, 0.1) is 19.4 Å². The molecule has 39 heavy (non-hydrogen) atoms. The first kappa shape index (κ1) is 30.6. The summed E-state index contributed by atoms with van der Waals surface area (Å²) in [6.45, 7) is 6.22. The predicted octanol–water partition coefficient (Wildman–Crippen LogP) is 6.89. The zero-order valence-electron chi connectivity index (χ0n) is 22.8. The molecule has 210 valence electrons. The van der Waals surface area contributed by atoms with E-state index in [-0.39, 0.29) is 35.3 Å². The van der Waals surface area contributed by atoms with Gasteiger partial charge in [0.15, 0.2) is 11.6 Å². The lowest BCUT2D eigenvalue weighted by atomic mass is 10.1. The van der Waals surface area contributed by atoms with Crippen LogP contribution in [-0.2, 0) is 4.79 Å². The largest absolute Gasteiger partial charge is 0.497 e. The van der Waals surface area contributed by atoms with Crippen molar-refractivity contribution >= 4 is 35.8 Å². The maximum atomic E-state index is 13.7. The molecule has 0 saturated heterocycles. The third-order valence-corrected chi connectivity index (χ3v) is 7.70. The molecule has 3 aromatic rings. The normalized spacial score (nSPS) is 14.1. The molecule has 6 nitrogen and oxygen atoms in total. The van der Waals surface area contributed by atoms with Crippen molar-refractivity contribution < 1.29 is 23.4 Å². The minimum atomic E-state index is -0.341. The second kappa shape index (κ2) is 14.4. The summed E-state index contributed by atoms with van der Waals surface area (Å²) in [5, 5.41) is -0.227. The Morgan fingerprint density at radius 3 is 2.51 bits per heavy atom. The van der Waals surface area contributed by atoms with Gasteiger partial charge < -0.3 is 19.1 Å². The van der Waals surface area contributed by atoms with Crippen LogP contribution >= 0.6 is 24.2 Å². The van der Waals surface area contributed by atoms with E-state index in [4.69, 9.17) is 14.2 Å². The van der Waals surface area contributed by atoms with Crippen molar-refractivity contribution in [2.24, 2.45) is 0 Å². The Bertz CT molecular complexity index is 1260. The maximum Gasteiger partial charge on any atom is 0.225 e. The van der Waals surface area contributed by atoms with Crippen molar-refractivity contribution in [2.45, 2.75) is 37.0 Å².